The zero-order valence-corrected chi connectivity index (χ0v) is 14.1. The van der Waals surface area contributed by atoms with Gasteiger partial charge in [-0.2, -0.15) is 0 Å². The van der Waals surface area contributed by atoms with Crippen LogP contribution in [0.1, 0.15) is 0 Å². The number of pyridine rings is 1. The molecule has 1 N–H and O–H groups in total. The largest absolute Gasteiger partial charge is 0.353 e. The van der Waals surface area contributed by atoms with Crippen molar-refractivity contribution >= 4 is 38.1 Å². The number of aromatic amines is 1. The zero-order valence-electron chi connectivity index (χ0n) is 14.1. The highest BCUT2D eigenvalue weighted by molar-refractivity contribution is 6.19. The summed E-state index contributed by atoms with van der Waals surface area (Å²) in [7, 11) is 0. The van der Waals surface area contributed by atoms with Crippen molar-refractivity contribution in [2.24, 2.45) is 0 Å². The molecule has 0 aliphatic heterocycles. The standard InChI is InChI=1S/C24H16N2/c1-2-8-17-15-18(13-12-16(17)7-1)24-23-22(21-11-5-6-14-26(21)24)19-9-3-4-10-20(19)25-23/h1-15,25H. The van der Waals surface area contributed by atoms with Crippen LogP contribution >= 0.6 is 0 Å². The number of nitrogens with one attached hydrogen (secondary N) is 1. The molecular formula is C24H16N2. The van der Waals surface area contributed by atoms with Gasteiger partial charge in [-0.15, -0.1) is 0 Å². The van der Waals surface area contributed by atoms with Crippen molar-refractivity contribution in [1.82, 2.24) is 9.38 Å². The van der Waals surface area contributed by atoms with E-state index >= 15 is 0 Å². The predicted molar refractivity (Wildman–Crippen MR) is 110 cm³/mol. The van der Waals surface area contributed by atoms with Crippen LogP contribution in [0.25, 0.3) is 49.4 Å². The summed E-state index contributed by atoms with van der Waals surface area (Å²) in [6.07, 6.45) is 2.16. The first-order chi connectivity index (χ1) is 12.9. The van der Waals surface area contributed by atoms with Crippen LogP contribution in [0.5, 0.6) is 0 Å². The van der Waals surface area contributed by atoms with Gasteiger partial charge in [0.25, 0.3) is 0 Å². The fourth-order valence-corrected chi connectivity index (χ4v) is 4.17. The Morgan fingerprint density at radius 2 is 1.50 bits per heavy atom. The van der Waals surface area contributed by atoms with Crippen LogP contribution < -0.4 is 0 Å². The van der Waals surface area contributed by atoms with Crippen molar-refractivity contribution < 1.29 is 0 Å². The van der Waals surface area contributed by atoms with Crippen LogP contribution in [0.2, 0.25) is 0 Å². The van der Waals surface area contributed by atoms with Crippen LogP contribution in [0.4, 0.5) is 0 Å². The molecule has 0 unspecified atom stereocenters. The van der Waals surface area contributed by atoms with E-state index in [1.54, 1.807) is 0 Å². The second kappa shape index (κ2) is 4.99. The van der Waals surface area contributed by atoms with Gasteiger partial charge in [-0.1, -0.05) is 60.7 Å². The molecule has 0 aliphatic carbocycles. The van der Waals surface area contributed by atoms with E-state index in [9.17, 15) is 0 Å². The quantitative estimate of drug-likeness (QED) is 0.360. The number of H-pyrrole nitrogens is 1. The van der Waals surface area contributed by atoms with Crippen molar-refractivity contribution in [2.45, 2.75) is 0 Å². The Hall–Kier alpha value is -3.52. The van der Waals surface area contributed by atoms with Gasteiger partial charge in [0, 0.05) is 28.0 Å². The van der Waals surface area contributed by atoms with E-state index in [1.807, 2.05) is 0 Å². The molecule has 0 saturated heterocycles. The van der Waals surface area contributed by atoms with Gasteiger partial charge in [0.2, 0.25) is 0 Å². The first-order valence-corrected chi connectivity index (χ1v) is 8.89. The number of para-hydroxylation sites is 1. The third-order valence-electron chi connectivity index (χ3n) is 5.32. The van der Waals surface area contributed by atoms with Gasteiger partial charge in [-0.05, 0) is 35.0 Å². The highest BCUT2D eigenvalue weighted by atomic mass is 14.9. The summed E-state index contributed by atoms with van der Waals surface area (Å²) in [5.74, 6) is 0. The number of benzene rings is 3. The van der Waals surface area contributed by atoms with E-state index in [-0.39, 0.29) is 0 Å². The van der Waals surface area contributed by atoms with Crippen molar-refractivity contribution in [2.75, 3.05) is 0 Å². The minimum absolute atomic E-state index is 1.19. The summed E-state index contributed by atoms with van der Waals surface area (Å²) >= 11 is 0. The molecule has 0 saturated carbocycles. The van der Waals surface area contributed by atoms with Gasteiger partial charge in [0.15, 0.2) is 0 Å². The third-order valence-corrected chi connectivity index (χ3v) is 5.32. The molecule has 0 radical (unpaired) electrons. The van der Waals surface area contributed by atoms with Crippen LogP contribution in [-0.4, -0.2) is 9.38 Å². The van der Waals surface area contributed by atoms with Crippen LogP contribution in [0.15, 0.2) is 91.1 Å². The SMILES string of the molecule is c1ccc2cc(-c3c4[nH]c5ccccc5c4c4ccccn34)ccc2c1. The van der Waals surface area contributed by atoms with Crippen LogP contribution in [-0.2, 0) is 0 Å². The number of fused-ring (bicyclic) bond motifs is 6. The molecule has 2 nitrogen and oxygen atoms in total. The average Bonchev–Trinajstić information content (AvgIpc) is 3.22. The lowest BCUT2D eigenvalue weighted by atomic mass is 10.0. The van der Waals surface area contributed by atoms with Gasteiger partial charge in [0.05, 0.1) is 16.7 Å². The Morgan fingerprint density at radius 1 is 0.692 bits per heavy atom. The molecule has 3 aromatic carbocycles. The van der Waals surface area contributed by atoms with Crippen molar-refractivity contribution in [3.8, 4) is 11.3 Å². The Bertz CT molecular complexity index is 1430. The van der Waals surface area contributed by atoms with E-state index < -0.39 is 0 Å². The minimum atomic E-state index is 1.19. The highest BCUT2D eigenvalue weighted by Gasteiger charge is 2.17. The number of aromatic nitrogens is 2. The summed E-state index contributed by atoms with van der Waals surface area (Å²) in [4.78, 5) is 3.66. The highest BCUT2D eigenvalue weighted by Crippen LogP contribution is 2.38. The van der Waals surface area contributed by atoms with Gasteiger partial charge < -0.3 is 9.38 Å². The molecule has 0 spiro atoms. The van der Waals surface area contributed by atoms with E-state index in [0.717, 1.165) is 0 Å². The van der Waals surface area contributed by atoms with E-state index in [1.165, 1.54) is 49.4 Å². The molecule has 0 fully saturated rings. The number of nitrogens with zero attached hydrogens (tertiary/aromatic N) is 1. The van der Waals surface area contributed by atoms with Gasteiger partial charge >= 0.3 is 0 Å². The fourth-order valence-electron chi connectivity index (χ4n) is 4.17. The molecule has 122 valence electrons. The molecule has 3 heterocycles. The lowest BCUT2D eigenvalue weighted by Crippen LogP contribution is -1.88. The van der Waals surface area contributed by atoms with E-state index in [4.69, 9.17) is 0 Å². The lowest BCUT2D eigenvalue weighted by Gasteiger charge is -2.06. The molecular weight excluding hydrogens is 316 g/mol. The fraction of sp³-hybridized carbons (Fsp3) is 0. The molecule has 0 atom stereocenters. The maximum atomic E-state index is 3.66. The molecule has 6 aromatic rings. The predicted octanol–water partition coefficient (Wildman–Crippen LogP) is 6.39. The van der Waals surface area contributed by atoms with Crippen molar-refractivity contribution in [1.29, 1.82) is 0 Å². The molecule has 2 heteroatoms. The topological polar surface area (TPSA) is 20.2 Å². The number of hydrogen-bond acceptors (Lipinski definition) is 0. The zero-order chi connectivity index (χ0) is 17.1. The van der Waals surface area contributed by atoms with E-state index in [2.05, 4.69) is 101 Å². The summed E-state index contributed by atoms with van der Waals surface area (Å²) in [5, 5.41) is 5.10. The summed E-state index contributed by atoms with van der Waals surface area (Å²) < 4.78 is 2.30. The summed E-state index contributed by atoms with van der Waals surface area (Å²) in [6.45, 7) is 0. The van der Waals surface area contributed by atoms with Gasteiger partial charge in [-0.25, -0.2) is 0 Å². The molecule has 6 rings (SSSR count). The summed E-state index contributed by atoms with van der Waals surface area (Å²) in [5.41, 5.74) is 6.07. The minimum Gasteiger partial charge on any atom is -0.353 e. The molecule has 0 aliphatic rings. The maximum Gasteiger partial charge on any atom is 0.0772 e. The third kappa shape index (κ3) is 1.76. The van der Waals surface area contributed by atoms with Crippen LogP contribution in [0.3, 0.4) is 0 Å². The first kappa shape index (κ1) is 13.7. The number of hydrogen-bond donors (Lipinski definition) is 1. The Balaban J connectivity index is 1.80. The van der Waals surface area contributed by atoms with Crippen molar-refractivity contribution in [3.63, 3.8) is 0 Å². The normalized spacial score (nSPS) is 11.8. The molecule has 0 amide bonds. The van der Waals surface area contributed by atoms with Gasteiger partial charge in [-0.3, -0.25) is 0 Å². The smallest absolute Gasteiger partial charge is 0.0772 e. The monoisotopic (exact) mass is 332 g/mol. The second-order valence-electron chi connectivity index (χ2n) is 6.79. The average molecular weight is 332 g/mol. The molecule has 0 bridgehead atoms. The van der Waals surface area contributed by atoms with Gasteiger partial charge in [0.1, 0.15) is 0 Å². The van der Waals surface area contributed by atoms with Crippen LogP contribution in [0, 0.1) is 0 Å². The second-order valence-corrected chi connectivity index (χ2v) is 6.79. The Morgan fingerprint density at radius 3 is 2.46 bits per heavy atom. The summed E-state index contributed by atoms with van der Waals surface area (Å²) in [6, 6.07) is 30.2. The lowest BCUT2D eigenvalue weighted by molar-refractivity contribution is 1.21. The Kier molecular flexibility index (Phi) is 2.64. The molecule has 26 heavy (non-hydrogen) atoms. The Labute approximate surface area is 150 Å². The molecule has 3 aromatic heterocycles. The van der Waals surface area contributed by atoms with E-state index in [0.29, 0.717) is 0 Å². The maximum absolute atomic E-state index is 3.66. The first-order valence-electron chi connectivity index (χ1n) is 8.89. The van der Waals surface area contributed by atoms with Crippen molar-refractivity contribution in [3.05, 3.63) is 91.1 Å². The number of rotatable bonds is 1.